The first-order valence-electron chi connectivity index (χ1n) is 6.03. The molecule has 1 nitrogen and oxygen atoms in total. The van der Waals surface area contributed by atoms with Crippen molar-refractivity contribution < 1.29 is 4.74 Å². The van der Waals surface area contributed by atoms with E-state index < -0.39 is 0 Å². The number of rotatable bonds is 4. The topological polar surface area (TPSA) is 9.23 Å². The van der Waals surface area contributed by atoms with Crippen LogP contribution < -0.4 is 4.74 Å². The summed E-state index contributed by atoms with van der Waals surface area (Å²) in [4.78, 5) is 0.0579. The van der Waals surface area contributed by atoms with Crippen LogP contribution in [0.4, 0.5) is 0 Å². The molecule has 0 amide bonds. The van der Waals surface area contributed by atoms with E-state index >= 15 is 0 Å². The third-order valence-corrected chi connectivity index (χ3v) is 5.12. The first-order valence-corrected chi connectivity index (χ1v) is 8.91. The van der Waals surface area contributed by atoms with Gasteiger partial charge in [-0.05, 0) is 48.4 Å². The van der Waals surface area contributed by atoms with E-state index in [-0.39, 0.29) is 4.83 Å². The van der Waals surface area contributed by atoms with Crippen LogP contribution in [-0.2, 0) is 0 Å². The Labute approximate surface area is 149 Å². The maximum absolute atomic E-state index is 6.11. The summed E-state index contributed by atoms with van der Waals surface area (Å²) in [6.45, 7) is 2.63. The third-order valence-electron chi connectivity index (χ3n) is 2.73. The summed E-state index contributed by atoms with van der Waals surface area (Å²) in [6.07, 6.45) is 0. The molecule has 0 saturated carbocycles. The molecule has 0 fully saturated rings. The van der Waals surface area contributed by atoms with Crippen LogP contribution in [0.1, 0.15) is 22.9 Å². The second kappa shape index (κ2) is 7.30. The van der Waals surface area contributed by atoms with Crippen molar-refractivity contribution in [1.82, 2.24) is 0 Å². The lowest BCUT2D eigenvalue weighted by atomic mass is 10.0. The van der Waals surface area contributed by atoms with Crippen molar-refractivity contribution in [3.63, 3.8) is 0 Å². The van der Waals surface area contributed by atoms with E-state index in [0.29, 0.717) is 11.6 Å². The second-order valence-corrected chi connectivity index (χ2v) is 7.30. The highest BCUT2D eigenvalue weighted by molar-refractivity contribution is 9.11. The maximum Gasteiger partial charge on any atom is 0.120 e. The molecule has 1 unspecified atom stereocenters. The normalized spacial score (nSPS) is 12.2. The van der Waals surface area contributed by atoms with E-state index in [1.807, 2.05) is 43.3 Å². The second-order valence-electron chi connectivity index (χ2n) is 4.18. The first kappa shape index (κ1) is 16.3. The van der Waals surface area contributed by atoms with E-state index in [1.54, 1.807) is 0 Å². The minimum Gasteiger partial charge on any atom is -0.494 e. The molecule has 5 heteroatoms. The van der Waals surface area contributed by atoms with Gasteiger partial charge in [-0.15, -0.1) is 0 Å². The van der Waals surface area contributed by atoms with Gasteiger partial charge in [-0.2, -0.15) is 0 Å². The number of ether oxygens (including phenoxy) is 1. The average Bonchev–Trinajstić information content (AvgIpc) is 2.37. The van der Waals surface area contributed by atoms with Crippen molar-refractivity contribution in [3.05, 3.63) is 61.5 Å². The third kappa shape index (κ3) is 4.00. The summed E-state index contributed by atoms with van der Waals surface area (Å²) < 4.78 is 7.46. The van der Waals surface area contributed by atoms with Crippen LogP contribution >= 0.6 is 59.4 Å². The van der Waals surface area contributed by atoms with Gasteiger partial charge in [0.05, 0.1) is 11.4 Å². The van der Waals surface area contributed by atoms with E-state index in [0.717, 1.165) is 25.8 Å². The molecule has 106 valence electrons. The van der Waals surface area contributed by atoms with Crippen molar-refractivity contribution in [2.75, 3.05) is 6.61 Å². The van der Waals surface area contributed by atoms with Crippen LogP contribution in [0, 0.1) is 0 Å². The maximum atomic E-state index is 6.11. The van der Waals surface area contributed by atoms with Gasteiger partial charge in [0.1, 0.15) is 5.75 Å². The van der Waals surface area contributed by atoms with Gasteiger partial charge in [0, 0.05) is 14.0 Å². The van der Waals surface area contributed by atoms with E-state index in [4.69, 9.17) is 16.3 Å². The summed E-state index contributed by atoms with van der Waals surface area (Å²) in [5.74, 6) is 0.857. The number of alkyl halides is 1. The van der Waals surface area contributed by atoms with Crippen LogP contribution in [0.25, 0.3) is 0 Å². The number of benzene rings is 2. The molecule has 0 aromatic heterocycles. The zero-order chi connectivity index (χ0) is 14.7. The molecule has 0 aliphatic carbocycles. The smallest absolute Gasteiger partial charge is 0.120 e. The standard InChI is InChI=1S/C15H12Br3ClO/c1-2-20-12-3-4-13(14(17)8-12)15(18)9-5-10(16)7-11(19)6-9/h3-8,15H,2H2,1H3. The Bertz CT molecular complexity index is 596. The van der Waals surface area contributed by atoms with Gasteiger partial charge >= 0.3 is 0 Å². The molecule has 2 aromatic carbocycles. The Balaban J connectivity index is 2.35. The summed E-state index contributed by atoms with van der Waals surface area (Å²) in [5, 5.41) is 0.709. The van der Waals surface area contributed by atoms with Crippen molar-refractivity contribution in [2.24, 2.45) is 0 Å². The molecule has 20 heavy (non-hydrogen) atoms. The highest BCUT2D eigenvalue weighted by Gasteiger charge is 2.15. The number of hydrogen-bond acceptors (Lipinski definition) is 1. The average molecular weight is 483 g/mol. The Morgan fingerprint density at radius 3 is 2.50 bits per heavy atom. The number of halogens is 4. The Morgan fingerprint density at radius 1 is 1.15 bits per heavy atom. The molecular weight excluding hydrogens is 471 g/mol. The Hall–Kier alpha value is -0.0300. The Morgan fingerprint density at radius 2 is 1.90 bits per heavy atom. The quantitative estimate of drug-likeness (QED) is 0.438. The molecule has 0 aliphatic rings. The molecule has 0 radical (unpaired) electrons. The van der Waals surface area contributed by atoms with Crippen molar-refractivity contribution in [3.8, 4) is 5.75 Å². The highest BCUT2D eigenvalue weighted by Crippen LogP contribution is 2.38. The van der Waals surface area contributed by atoms with Gasteiger partial charge in [-0.1, -0.05) is 65.5 Å². The predicted octanol–water partition coefficient (Wildman–Crippen LogP) is 6.75. The minimum absolute atomic E-state index is 0.0579. The fourth-order valence-corrected chi connectivity index (χ4v) is 4.31. The molecule has 0 saturated heterocycles. The summed E-state index contributed by atoms with van der Waals surface area (Å²) in [7, 11) is 0. The van der Waals surface area contributed by atoms with E-state index in [2.05, 4.69) is 47.8 Å². The summed E-state index contributed by atoms with van der Waals surface area (Å²) in [5.41, 5.74) is 2.22. The molecule has 0 spiro atoms. The van der Waals surface area contributed by atoms with Gasteiger partial charge in [-0.3, -0.25) is 0 Å². The van der Waals surface area contributed by atoms with Crippen LogP contribution in [-0.4, -0.2) is 6.61 Å². The van der Waals surface area contributed by atoms with Gasteiger partial charge in [0.2, 0.25) is 0 Å². The molecule has 1 atom stereocenters. The summed E-state index contributed by atoms with van der Waals surface area (Å²) >= 11 is 16.9. The van der Waals surface area contributed by atoms with Gasteiger partial charge < -0.3 is 4.74 Å². The van der Waals surface area contributed by atoms with Crippen molar-refractivity contribution in [2.45, 2.75) is 11.8 Å². The fraction of sp³-hybridized carbons (Fsp3) is 0.200. The van der Waals surface area contributed by atoms with Crippen LogP contribution in [0.15, 0.2) is 45.3 Å². The molecule has 2 aromatic rings. The molecular formula is C15H12Br3ClO. The fourth-order valence-electron chi connectivity index (χ4n) is 1.87. The molecule has 2 rings (SSSR count). The predicted molar refractivity (Wildman–Crippen MR) is 95.2 cm³/mol. The minimum atomic E-state index is 0.0579. The molecule has 0 heterocycles. The van der Waals surface area contributed by atoms with Gasteiger partial charge in [-0.25, -0.2) is 0 Å². The molecule has 0 aliphatic heterocycles. The van der Waals surface area contributed by atoms with E-state index in [9.17, 15) is 0 Å². The molecule has 0 bridgehead atoms. The largest absolute Gasteiger partial charge is 0.494 e. The monoisotopic (exact) mass is 480 g/mol. The lowest BCUT2D eigenvalue weighted by molar-refractivity contribution is 0.340. The summed E-state index contributed by atoms with van der Waals surface area (Å²) in [6, 6.07) is 11.9. The lowest BCUT2D eigenvalue weighted by Crippen LogP contribution is -1.96. The van der Waals surface area contributed by atoms with Crippen molar-refractivity contribution in [1.29, 1.82) is 0 Å². The van der Waals surface area contributed by atoms with Crippen molar-refractivity contribution >= 4 is 59.4 Å². The Kier molecular flexibility index (Phi) is 5.96. The van der Waals surface area contributed by atoms with Crippen LogP contribution in [0.5, 0.6) is 5.75 Å². The van der Waals surface area contributed by atoms with Crippen LogP contribution in [0.2, 0.25) is 5.02 Å². The van der Waals surface area contributed by atoms with Gasteiger partial charge in [0.15, 0.2) is 0 Å². The molecule has 0 N–H and O–H groups in total. The zero-order valence-corrected chi connectivity index (χ0v) is 16.2. The van der Waals surface area contributed by atoms with Gasteiger partial charge in [0.25, 0.3) is 0 Å². The highest BCUT2D eigenvalue weighted by atomic mass is 79.9. The SMILES string of the molecule is CCOc1ccc(C(Br)c2cc(Cl)cc(Br)c2)c(Br)c1. The lowest BCUT2D eigenvalue weighted by Gasteiger charge is -2.15. The zero-order valence-electron chi connectivity index (χ0n) is 10.7. The number of hydrogen-bond donors (Lipinski definition) is 0. The first-order chi connectivity index (χ1) is 9.51. The van der Waals surface area contributed by atoms with Crippen LogP contribution in [0.3, 0.4) is 0 Å². The van der Waals surface area contributed by atoms with E-state index in [1.165, 1.54) is 0 Å².